The van der Waals surface area contributed by atoms with Gasteiger partial charge < -0.3 is 4.42 Å². The van der Waals surface area contributed by atoms with Crippen LogP contribution in [-0.4, -0.2) is 0 Å². The number of rotatable bonds is 8. The molecule has 1 unspecified atom stereocenters. The summed E-state index contributed by atoms with van der Waals surface area (Å²) in [5.41, 5.74) is 1.40. The molecule has 0 saturated heterocycles. The highest BCUT2D eigenvalue weighted by molar-refractivity contribution is 5.19. The molecule has 0 aliphatic heterocycles. The minimum absolute atomic E-state index is 0.657. The molecule has 1 aromatic heterocycles. The first-order chi connectivity index (χ1) is 7.75. The lowest BCUT2D eigenvalue weighted by molar-refractivity contribution is 0.515. The molecule has 0 radical (unpaired) electrons. The Morgan fingerprint density at radius 1 is 1.12 bits per heavy atom. The van der Waals surface area contributed by atoms with Crippen LogP contribution in [-0.2, 0) is 0 Å². The third kappa shape index (κ3) is 4.42. The van der Waals surface area contributed by atoms with Crippen LogP contribution in [0.3, 0.4) is 0 Å². The summed E-state index contributed by atoms with van der Waals surface area (Å²) in [5, 5.41) is 0. The quantitative estimate of drug-likeness (QED) is 0.534. The maximum atomic E-state index is 5.35. The SMILES string of the molecule is CCCCCCCCC(C)c1ccoc1C. The molecule has 1 heteroatoms. The molecule has 0 aliphatic carbocycles. The Hall–Kier alpha value is -0.720. The largest absolute Gasteiger partial charge is 0.469 e. The lowest BCUT2D eigenvalue weighted by atomic mass is 9.95. The van der Waals surface area contributed by atoms with E-state index in [2.05, 4.69) is 26.8 Å². The number of furan rings is 1. The molecule has 0 spiro atoms. The highest BCUT2D eigenvalue weighted by atomic mass is 16.3. The molecular formula is C15H26O. The molecule has 0 aliphatic rings. The van der Waals surface area contributed by atoms with Gasteiger partial charge in [-0.25, -0.2) is 0 Å². The van der Waals surface area contributed by atoms with Crippen molar-refractivity contribution in [1.29, 1.82) is 0 Å². The molecule has 1 aromatic rings. The minimum atomic E-state index is 0.657. The van der Waals surface area contributed by atoms with Gasteiger partial charge in [-0.1, -0.05) is 52.4 Å². The topological polar surface area (TPSA) is 13.1 Å². The number of hydrogen-bond acceptors (Lipinski definition) is 1. The summed E-state index contributed by atoms with van der Waals surface area (Å²) in [4.78, 5) is 0. The van der Waals surface area contributed by atoms with Gasteiger partial charge in [-0.2, -0.15) is 0 Å². The van der Waals surface area contributed by atoms with Gasteiger partial charge in [0.15, 0.2) is 0 Å². The first-order valence-electron chi connectivity index (χ1n) is 6.79. The highest BCUT2D eigenvalue weighted by Gasteiger charge is 2.09. The second kappa shape index (κ2) is 7.54. The summed E-state index contributed by atoms with van der Waals surface area (Å²) in [6.45, 7) is 6.64. The summed E-state index contributed by atoms with van der Waals surface area (Å²) >= 11 is 0. The summed E-state index contributed by atoms with van der Waals surface area (Å²) < 4.78 is 5.35. The van der Waals surface area contributed by atoms with E-state index in [1.165, 1.54) is 50.5 Å². The van der Waals surface area contributed by atoms with Gasteiger partial charge in [0, 0.05) is 0 Å². The van der Waals surface area contributed by atoms with E-state index in [0.29, 0.717) is 5.92 Å². The lowest BCUT2D eigenvalue weighted by Crippen LogP contribution is -1.93. The standard InChI is InChI=1S/C15H26O/c1-4-5-6-7-8-9-10-13(2)15-11-12-16-14(15)3/h11-13H,4-10H2,1-3H3. The second-order valence-electron chi connectivity index (χ2n) is 4.89. The Bertz CT molecular complexity index is 275. The number of hydrogen-bond donors (Lipinski definition) is 0. The van der Waals surface area contributed by atoms with Crippen molar-refractivity contribution in [3.05, 3.63) is 23.7 Å². The van der Waals surface area contributed by atoms with Gasteiger partial charge in [0.25, 0.3) is 0 Å². The highest BCUT2D eigenvalue weighted by Crippen LogP contribution is 2.25. The van der Waals surface area contributed by atoms with Crippen LogP contribution in [0.5, 0.6) is 0 Å². The molecule has 0 fully saturated rings. The van der Waals surface area contributed by atoms with E-state index in [9.17, 15) is 0 Å². The molecule has 16 heavy (non-hydrogen) atoms. The Labute approximate surface area is 100 Å². The molecule has 1 heterocycles. The fourth-order valence-electron chi connectivity index (χ4n) is 2.29. The summed E-state index contributed by atoms with van der Waals surface area (Å²) in [7, 11) is 0. The molecule has 0 saturated carbocycles. The molecule has 92 valence electrons. The third-order valence-corrected chi connectivity index (χ3v) is 3.42. The van der Waals surface area contributed by atoms with Crippen molar-refractivity contribution < 1.29 is 4.42 Å². The van der Waals surface area contributed by atoms with Gasteiger partial charge >= 0.3 is 0 Å². The lowest BCUT2D eigenvalue weighted by Gasteiger charge is -2.10. The van der Waals surface area contributed by atoms with Gasteiger partial charge in [0.1, 0.15) is 5.76 Å². The normalized spacial score (nSPS) is 12.9. The van der Waals surface area contributed by atoms with Crippen LogP contribution in [0.2, 0.25) is 0 Å². The smallest absolute Gasteiger partial charge is 0.104 e. The maximum Gasteiger partial charge on any atom is 0.104 e. The summed E-state index contributed by atoms with van der Waals surface area (Å²) in [5.74, 6) is 1.75. The maximum absolute atomic E-state index is 5.35. The minimum Gasteiger partial charge on any atom is -0.469 e. The van der Waals surface area contributed by atoms with Crippen molar-refractivity contribution in [3.63, 3.8) is 0 Å². The first-order valence-corrected chi connectivity index (χ1v) is 6.79. The zero-order valence-corrected chi connectivity index (χ0v) is 11.1. The van der Waals surface area contributed by atoms with Crippen LogP contribution in [0.1, 0.15) is 76.0 Å². The fourth-order valence-corrected chi connectivity index (χ4v) is 2.29. The average molecular weight is 222 g/mol. The van der Waals surface area contributed by atoms with E-state index < -0.39 is 0 Å². The molecule has 0 N–H and O–H groups in total. The Balaban J connectivity index is 2.11. The van der Waals surface area contributed by atoms with Crippen LogP contribution in [0.15, 0.2) is 16.7 Å². The predicted molar refractivity (Wildman–Crippen MR) is 69.9 cm³/mol. The van der Waals surface area contributed by atoms with Crippen molar-refractivity contribution in [1.82, 2.24) is 0 Å². The van der Waals surface area contributed by atoms with Crippen molar-refractivity contribution in [3.8, 4) is 0 Å². The Morgan fingerprint density at radius 3 is 2.44 bits per heavy atom. The van der Waals surface area contributed by atoms with Crippen molar-refractivity contribution in [2.45, 2.75) is 71.6 Å². The van der Waals surface area contributed by atoms with E-state index >= 15 is 0 Å². The zero-order chi connectivity index (χ0) is 11.8. The Kier molecular flexibility index (Phi) is 6.29. The summed E-state index contributed by atoms with van der Waals surface area (Å²) in [6.07, 6.45) is 11.4. The van der Waals surface area contributed by atoms with Crippen LogP contribution >= 0.6 is 0 Å². The average Bonchev–Trinajstić information content (AvgIpc) is 2.69. The van der Waals surface area contributed by atoms with Crippen LogP contribution in [0, 0.1) is 6.92 Å². The molecule has 1 rings (SSSR count). The van der Waals surface area contributed by atoms with Crippen molar-refractivity contribution in [2.75, 3.05) is 0 Å². The predicted octanol–water partition coefficient (Wildman–Crippen LogP) is 5.44. The van der Waals surface area contributed by atoms with Gasteiger partial charge in [-0.05, 0) is 30.9 Å². The van der Waals surface area contributed by atoms with E-state index in [-0.39, 0.29) is 0 Å². The van der Waals surface area contributed by atoms with E-state index in [1.807, 2.05) is 6.26 Å². The van der Waals surface area contributed by atoms with E-state index in [4.69, 9.17) is 4.42 Å². The molecule has 0 aromatic carbocycles. The van der Waals surface area contributed by atoms with Crippen LogP contribution in [0.4, 0.5) is 0 Å². The van der Waals surface area contributed by atoms with Crippen molar-refractivity contribution >= 4 is 0 Å². The van der Waals surface area contributed by atoms with Gasteiger partial charge in [-0.3, -0.25) is 0 Å². The molecule has 0 amide bonds. The van der Waals surface area contributed by atoms with Crippen LogP contribution < -0.4 is 0 Å². The van der Waals surface area contributed by atoms with Crippen LogP contribution in [0.25, 0.3) is 0 Å². The van der Waals surface area contributed by atoms with Gasteiger partial charge in [0.05, 0.1) is 6.26 Å². The number of unbranched alkanes of at least 4 members (excludes halogenated alkanes) is 5. The van der Waals surface area contributed by atoms with E-state index in [0.717, 1.165) is 5.76 Å². The number of aryl methyl sites for hydroxylation is 1. The molecule has 1 atom stereocenters. The summed E-state index contributed by atoms with van der Waals surface area (Å²) in [6, 6.07) is 2.12. The second-order valence-corrected chi connectivity index (χ2v) is 4.89. The fraction of sp³-hybridized carbons (Fsp3) is 0.733. The Morgan fingerprint density at radius 2 is 1.81 bits per heavy atom. The van der Waals surface area contributed by atoms with Crippen molar-refractivity contribution in [2.24, 2.45) is 0 Å². The zero-order valence-electron chi connectivity index (χ0n) is 11.1. The van der Waals surface area contributed by atoms with Gasteiger partial charge in [-0.15, -0.1) is 0 Å². The molecular weight excluding hydrogens is 196 g/mol. The van der Waals surface area contributed by atoms with E-state index in [1.54, 1.807) is 0 Å². The third-order valence-electron chi connectivity index (χ3n) is 3.42. The molecule has 1 nitrogen and oxygen atoms in total. The van der Waals surface area contributed by atoms with Gasteiger partial charge in [0.2, 0.25) is 0 Å². The first kappa shape index (κ1) is 13.3. The monoisotopic (exact) mass is 222 g/mol. The molecule has 0 bridgehead atoms.